The van der Waals surface area contributed by atoms with E-state index in [1.165, 1.54) is 19.2 Å². The Morgan fingerprint density at radius 1 is 1.62 bits per heavy atom. The minimum atomic E-state index is -0.890. The molecule has 1 rings (SSSR count). The van der Waals surface area contributed by atoms with Gasteiger partial charge in [-0.1, -0.05) is 0 Å². The summed E-state index contributed by atoms with van der Waals surface area (Å²) in [6.45, 7) is 0. The van der Waals surface area contributed by atoms with Crippen molar-refractivity contribution in [2.75, 3.05) is 7.11 Å². The number of amides is 1. The van der Waals surface area contributed by atoms with Crippen molar-refractivity contribution in [1.82, 2.24) is 4.98 Å². The molecule has 0 saturated heterocycles. The van der Waals surface area contributed by atoms with Gasteiger partial charge in [0.15, 0.2) is 5.69 Å². The average Bonchev–Trinajstić information content (AvgIpc) is 2.25. The molecule has 1 heterocycles. The molecular formula is C9H7N3O4. The van der Waals surface area contributed by atoms with Crippen LogP contribution in [0.5, 0.6) is 5.88 Å². The number of nitro groups is 1. The quantitative estimate of drug-likeness (QED) is 0.424. The molecule has 0 radical (unpaired) electrons. The van der Waals surface area contributed by atoms with Crippen LogP contribution in [0.4, 0.5) is 5.69 Å². The van der Waals surface area contributed by atoms with Crippen molar-refractivity contribution >= 4 is 11.6 Å². The molecule has 1 aromatic rings. The van der Waals surface area contributed by atoms with E-state index in [0.717, 1.165) is 0 Å². The molecule has 0 unspecified atom stereocenters. The second-order valence-electron chi connectivity index (χ2n) is 2.59. The minimum absolute atomic E-state index is 0.164. The third kappa shape index (κ3) is 2.68. The molecule has 2 N–H and O–H groups in total. The summed E-state index contributed by atoms with van der Waals surface area (Å²) in [7, 11) is 1.36. The highest BCUT2D eigenvalue weighted by Gasteiger charge is 2.14. The van der Waals surface area contributed by atoms with Gasteiger partial charge in [0.2, 0.25) is 5.88 Å². The standard InChI is InChI=1S/C9H7N3O4/c1-16-9-5-3-7(12(14)15)6(11-9)2-4-8(10)13/h3,5H,1H3,(H2,10,13). The second kappa shape index (κ2) is 4.75. The Bertz CT molecular complexity index is 501. The highest BCUT2D eigenvalue weighted by atomic mass is 16.6. The number of hydrogen-bond acceptors (Lipinski definition) is 5. The molecule has 0 atom stereocenters. The number of hydrogen-bond donors (Lipinski definition) is 1. The van der Waals surface area contributed by atoms with Crippen molar-refractivity contribution < 1.29 is 14.5 Å². The summed E-state index contributed by atoms with van der Waals surface area (Å²) >= 11 is 0. The van der Waals surface area contributed by atoms with Gasteiger partial charge in [0.25, 0.3) is 5.91 Å². The van der Waals surface area contributed by atoms with E-state index in [9.17, 15) is 14.9 Å². The summed E-state index contributed by atoms with van der Waals surface area (Å²) in [5.41, 5.74) is 4.32. The van der Waals surface area contributed by atoms with Crippen LogP contribution in [0.15, 0.2) is 12.1 Å². The molecule has 0 fully saturated rings. The van der Waals surface area contributed by atoms with E-state index in [1.54, 1.807) is 0 Å². The first-order valence-corrected chi connectivity index (χ1v) is 4.05. The van der Waals surface area contributed by atoms with Crippen LogP contribution < -0.4 is 10.5 Å². The number of pyridine rings is 1. The van der Waals surface area contributed by atoms with Gasteiger partial charge in [-0.3, -0.25) is 14.9 Å². The van der Waals surface area contributed by atoms with Gasteiger partial charge in [-0.25, -0.2) is 0 Å². The largest absolute Gasteiger partial charge is 0.481 e. The summed E-state index contributed by atoms with van der Waals surface area (Å²) in [6.07, 6.45) is 0. The molecule has 0 saturated carbocycles. The number of nitrogens with two attached hydrogens (primary N) is 1. The molecule has 0 bridgehead atoms. The maximum Gasteiger partial charge on any atom is 0.303 e. The Morgan fingerprint density at radius 2 is 2.31 bits per heavy atom. The first kappa shape index (κ1) is 11.5. The van der Waals surface area contributed by atoms with Crippen LogP contribution in [0.1, 0.15) is 5.69 Å². The predicted molar refractivity (Wildman–Crippen MR) is 53.5 cm³/mol. The summed E-state index contributed by atoms with van der Waals surface area (Å²) in [6, 6.07) is 2.52. The van der Waals surface area contributed by atoms with Gasteiger partial charge >= 0.3 is 5.69 Å². The van der Waals surface area contributed by atoms with Crippen molar-refractivity contribution in [3.8, 4) is 17.7 Å². The molecule has 0 aromatic carbocycles. The molecule has 7 nitrogen and oxygen atoms in total. The molecule has 82 valence electrons. The van der Waals surface area contributed by atoms with Crippen LogP contribution >= 0.6 is 0 Å². The topological polar surface area (TPSA) is 108 Å². The molecule has 0 aliphatic rings. The Labute approximate surface area is 90.4 Å². The first-order chi connectivity index (χ1) is 7.54. The van der Waals surface area contributed by atoms with Gasteiger partial charge in [0.05, 0.1) is 12.0 Å². The highest BCUT2D eigenvalue weighted by Crippen LogP contribution is 2.18. The van der Waals surface area contributed by atoms with E-state index >= 15 is 0 Å². The summed E-state index contributed by atoms with van der Waals surface area (Å²) in [4.78, 5) is 24.1. The van der Waals surface area contributed by atoms with Crippen molar-refractivity contribution in [3.05, 3.63) is 27.9 Å². The Balaban J connectivity index is 3.27. The molecule has 1 amide bonds. The third-order valence-electron chi connectivity index (χ3n) is 1.56. The van der Waals surface area contributed by atoms with Crippen LogP contribution in [0.3, 0.4) is 0 Å². The van der Waals surface area contributed by atoms with Crippen molar-refractivity contribution in [1.29, 1.82) is 0 Å². The SMILES string of the molecule is COc1ccc([N+](=O)[O-])c(C#CC(N)=O)n1. The van der Waals surface area contributed by atoms with E-state index in [4.69, 9.17) is 10.5 Å². The maximum absolute atomic E-state index is 10.6. The lowest BCUT2D eigenvalue weighted by molar-refractivity contribution is -0.385. The smallest absolute Gasteiger partial charge is 0.303 e. The van der Waals surface area contributed by atoms with Gasteiger partial charge in [-0.05, 0) is 5.92 Å². The lowest BCUT2D eigenvalue weighted by atomic mass is 10.3. The van der Waals surface area contributed by atoms with E-state index in [1.807, 2.05) is 5.92 Å². The van der Waals surface area contributed by atoms with Crippen LogP contribution in [0.2, 0.25) is 0 Å². The van der Waals surface area contributed by atoms with Crippen LogP contribution in [0, 0.1) is 22.0 Å². The van der Waals surface area contributed by atoms with Crippen LogP contribution in [-0.2, 0) is 4.79 Å². The number of methoxy groups -OCH3 is 1. The van der Waals surface area contributed by atoms with Crippen LogP contribution in [-0.4, -0.2) is 22.9 Å². The zero-order valence-electron chi connectivity index (χ0n) is 8.26. The Hall–Kier alpha value is -2.62. The molecular weight excluding hydrogens is 214 g/mol. The highest BCUT2D eigenvalue weighted by molar-refractivity contribution is 5.92. The lowest BCUT2D eigenvalue weighted by Crippen LogP contribution is -2.06. The van der Waals surface area contributed by atoms with Crippen molar-refractivity contribution in [3.63, 3.8) is 0 Å². The molecule has 16 heavy (non-hydrogen) atoms. The summed E-state index contributed by atoms with van der Waals surface area (Å²) < 4.78 is 4.78. The van der Waals surface area contributed by atoms with Gasteiger partial charge in [-0.2, -0.15) is 4.98 Å². The molecule has 7 heteroatoms. The molecule has 1 aromatic heterocycles. The number of rotatable bonds is 2. The fourth-order valence-electron chi connectivity index (χ4n) is 0.908. The van der Waals surface area contributed by atoms with E-state index < -0.39 is 10.8 Å². The Kier molecular flexibility index (Phi) is 3.40. The zero-order valence-corrected chi connectivity index (χ0v) is 8.26. The van der Waals surface area contributed by atoms with E-state index in [-0.39, 0.29) is 17.3 Å². The lowest BCUT2D eigenvalue weighted by Gasteiger charge is -1.99. The van der Waals surface area contributed by atoms with E-state index in [0.29, 0.717) is 0 Å². The fraction of sp³-hybridized carbons (Fsp3) is 0.111. The van der Waals surface area contributed by atoms with Crippen molar-refractivity contribution in [2.45, 2.75) is 0 Å². The van der Waals surface area contributed by atoms with Gasteiger partial charge < -0.3 is 10.5 Å². The maximum atomic E-state index is 10.6. The normalized spacial score (nSPS) is 8.81. The second-order valence-corrected chi connectivity index (χ2v) is 2.59. The summed E-state index contributed by atoms with van der Waals surface area (Å²) in [5, 5.41) is 10.6. The average molecular weight is 221 g/mol. The van der Waals surface area contributed by atoms with Gasteiger partial charge in [0.1, 0.15) is 0 Å². The number of carbonyl (C=O) groups excluding carboxylic acids is 1. The van der Waals surface area contributed by atoms with Gasteiger partial charge in [-0.15, -0.1) is 0 Å². The molecule has 0 aliphatic heterocycles. The first-order valence-electron chi connectivity index (χ1n) is 4.05. The fourth-order valence-corrected chi connectivity index (χ4v) is 0.908. The minimum Gasteiger partial charge on any atom is -0.481 e. The van der Waals surface area contributed by atoms with E-state index in [2.05, 4.69) is 10.9 Å². The Morgan fingerprint density at radius 3 is 2.81 bits per heavy atom. The number of nitrogens with zero attached hydrogens (tertiary/aromatic N) is 2. The molecule has 0 spiro atoms. The third-order valence-corrected chi connectivity index (χ3v) is 1.56. The summed E-state index contributed by atoms with van der Waals surface area (Å²) in [5.74, 6) is 3.46. The predicted octanol–water partition coefficient (Wildman–Crippen LogP) is -0.165. The van der Waals surface area contributed by atoms with Crippen LogP contribution in [0.25, 0.3) is 0 Å². The number of ether oxygens (including phenoxy) is 1. The number of aromatic nitrogens is 1. The number of primary amides is 1. The van der Waals surface area contributed by atoms with Crippen molar-refractivity contribution in [2.24, 2.45) is 5.73 Å². The molecule has 0 aliphatic carbocycles. The number of carbonyl (C=O) groups is 1. The monoisotopic (exact) mass is 221 g/mol. The zero-order chi connectivity index (χ0) is 12.1. The van der Waals surface area contributed by atoms with Gasteiger partial charge in [0, 0.05) is 18.1 Å².